The Morgan fingerprint density at radius 1 is 1.12 bits per heavy atom. The second-order valence-electron chi connectivity index (χ2n) is 9.57. The maximum Gasteiger partial charge on any atom is 0.324 e. The van der Waals surface area contributed by atoms with Crippen LogP contribution in [0, 0.1) is 5.92 Å². The molecule has 3 aliphatic heterocycles. The van der Waals surface area contributed by atoms with Gasteiger partial charge in [-0.2, -0.15) is 0 Å². The Morgan fingerprint density at radius 2 is 1.88 bits per heavy atom. The zero-order valence-electron chi connectivity index (χ0n) is 19.8. The van der Waals surface area contributed by atoms with E-state index in [1.807, 2.05) is 31.3 Å². The van der Waals surface area contributed by atoms with Crippen LogP contribution < -0.4 is 10.1 Å². The topological polar surface area (TPSA) is 82.2 Å². The van der Waals surface area contributed by atoms with E-state index in [2.05, 4.69) is 10.2 Å². The molecule has 1 N–H and O–H groups in total. The minimum atomic E-state index is -0.777. The highest BCUT2D eigenvalue weighted by atomic mass is 16.5. The van der Waals surface area contributed by atoms with Gasteiger partial charge in [0, 0.05) is 26.2 Å². The van der Waals surface area contributed by atoms with Crippen molar-refractivity contribution in [1.29, 1.82) is 0 Å². The highest BCUT2D eigenvalue weighted by Gasteiger charge is 2.40. The molecule has 180 valence electrons. The Hall–Kier alpha value is -2.61. The maximum atomic E-state index is 12.9. The van der Waals surface area contributed by atoms with Gasteiger partial charge in [0.05, 0.1) is 13.5 Å². The van der Waals surface area contributed by atoms with E-state index in [-0.39, 0.29) is 24.8 Å². The normalized spacial score (nSPS) is 25.5. The van der Waals surface area contributed by atoms with Crippen LogP contribution in [0.3, 0.4) is 0 Å². The lowest BCUT2D eigenvalue weighted by atomic mass is 9.83. The number of urea groups is 1. The summed E-state index contributed by atoms with van der Waals surface area (Å²) < 4.78 is 5.16. The third-order valence-electron chi connectivity index (χ3n) is 7.43. The minimum Gasteiger partial charge on any atom is -0.497 e. The Balaban J connectivity index is 1.27. The average Bonchev–Trinajstić information content (AvgIpc) is 3.10. The molecule has 0 aliphatic carbocycles. The number of methoxy groups -OCH3 is 1. The number of piperidine rings is 2. The number of nitrogens with one attached hydrogen (secondary N) is 1. The molecule has 1 aromatic carbocycles. The highest BCUT2D eigenvalue weighted by molar-refractivity contribution is 6.05. The fourth-order valence-corrected chi connectivity index (χ4v) is 5.53. The molecule has 3 aliphatic rings. The van der Waals surface area contributed by atoms with E-state index >= 15 is 0 Å². The van der Waals surface area contributed by atoms with Crippen LogP contribution in [0.4, 0.5) is 4.79 Å². The predicted molar refractivity (Wildman–Crippen MR) is 125 cm³/mol. The minimum absolute atomic E-state index is 0.0151. The van der Waals surface area contributed by atoms with Crippen molar-refractivity contribution < 1.29 is 19.1 Å². The number of amides is 4. The predicted octanol–water partition coefficient (Wildman–Crippen LogP) is 2.27. The van der Waals surface area contributed by atoms with Gasteiger partial charge in [-0.15, -0.1) is 0 Å². The van der Waals surface area contributed by atoms with Gasteiger partial charge < -0.3 is 19.9 Å². The molecule has 33 heavy (non-hydrogen) atoms. The van der Waals surface area contributed by atoms with Gasteiger partial charge in [0.1, 0.15) is 11.8 Å². The average molecular weight is 457 g/mol. The third kappa shape index (κ3) is 5.49. The molecule has 4 rings (SSSR count). The molecule has 0 saturated carbocycles. The van der Waals surface area contributed by atoms with E-state index in [1.165, 1.54) is 43.7 Å². The summed E-state index contributed by atoms with van der Waals surface area (Å²) in [4.78, 5) is 43.7. The van der Waals surface area contributed by atoms with Crippen molar-refractivity contribution in [3.63, 3.8) is 0 Å². The second-order valence-corrected chi connectivity index (χ2v) is 9.57. The number of hydrogen-bond acceptors (Lipinski definition) is 5. The van der Waals surface area contributed by atoms with Crippen molar-refractivity contribution in [1.82, 2.24) is 20.0 Å². The number of ether oxygens (including phenoxy) is 1. The number of imide groups is 1. The fraction of sp³-hybridized carbons (Fsp3) is 0.640. The van der Waals surface area contributed by atoms with E-state index in [0.29, 0.717) is 18.4 Å². The Bertz CT molecular complexity index is 856. The van der Waals surface area contributed by atoms with Crippen molar-refractivity contribution in [3.8, 4) is 5.75 Å². The first-order chi connectivity index (χ1) is 16.0. The molecule has 3 heterocycles. The van der Waals surface area contributed by atoms with E-state index in [1.54, 1.807) is 12.0 Å². The van der Waals surface area contributed by atoms with Crippen LogP contribution in [0.25, 0.3) is 0 Å². The molecule has 0 unspecified atom stereocenters. The van der Waals surface area contributed by atoms with Crippen LogP contribution in [-0.2, 0) is 16.0 Å². The van der Waals surface area contributed by atoms with Gasteiger partial charge >= 0.3 is 6.03 Å². The van der Waals surface area contributed by atoms with Crippen LogP contribution >= 0.6 is 0 Å². The first kappa shape index (κ1) is 23.5. The summed E-state index contributed by atoms with van der Waals surface area (Å²) in [5.74, 6) is 0.855. The molecule has 8 heteroatoms. The van der Waals surface area contributed by atoms with Gasteiger partial charge in [-0.3, -0.25) is 14.5 Å². The van der Waals surface area contributed by atoms with Crippen molar-refractivity contribution >= 4 is 17.8 Å². The Kier molecular flexibility index (Phi) is 7.53. The van der Waals surface area contributed by atoms with E-state index in [9.17, 15) is 14.4 Å². The number of benzene rings is 1. The van der Waals surface area contributed by atoms with Crippen molar-refractivity contribution in [2.45, 2.75) is 57.0 Å². The molecule has 0 aromatic heterocycles. The standard InChI is InChI=1S/C25H36N4O4/c1-27(17-19-6-5-14-28-13-4-3-7-22(19)28)23(30)16-21-24(31)29(25(32)26-21)15-12-18-8-10-20(33-2)11-9-18/h8-11,19,21-22H,3-7,12-17H2,1-2H3,(H,26,32)/t19-,21-,22+/m0/s1. The quantitative estimate of drug-likeness (QED) is 0.607. The number of hydrogen-bond donors (Lipinski definition) is 1. The SMILES string of the molecule is COc1ccc(CCN2C(=O)N[C@@H](CC(=O)N(C)C[C@@H]3CCCN4CCCC[C@H]34)C2=O)cc1. The van der Waals surface area contributed by atoms with Gasteiger partial charge in [0.2, 0.25) is 5.91 Å². The zero-order valence-corrected chi connectivity index (χ0v) is 19.8. The number of carbonyl (C=O) groups is 3. The summed E-state index contributed by atoms with van der Waals surface area (Å²) >= 11 is 0. The molecular weight excluding hydrogens is 420 g/mol. The van der Waals surface area contributed by atoms with Crippen LogP contribution in [0.1, 0.15) is 44.1 Å². The number of nitrogens with zero attached hydrogens (tertiary/aromatic N) is 3. The number of rotatable bonds is 8. The fourth-order valence-electron chi connectivity index (χ4n) is 5.53. The Labute approximate surface area is 196 Å². The van der Waals surface area contributed by atoms with Gasteiger partial charge in [-0.05, 0) is 68.8 Å². The summed E-state index contributed by atoms with van der Waals surface area (Å²) in [5, 5.41) is 2.70. The van der Waals surface area contributed by atoms with Gasteiger partial charge in [-0.1, -0.05) is 18.6 Å². The first-order valence-electron chi connectivity index (χ1n) is 12.2. The van der Waals surface area contributed by atoms with E-state index < -0.39 is 12.1 Å². The zero-order chi connectivity index (χ0) is 23.4. The molecule has 1 aromatic rings. The van der Waals surface area contributed by atoms with Crippen molar-refractivity contribution in [2.24, 2.45) is 5.92 Å². The molecule has 8 nitrogen and oxygen atoms in total. The summed E-state index contributed by atoms with van der Waals surface area (Å²) in [6, 6.07) is 6.94. The van der Waals surface area contributed by atoms with Crippen LogP contribution in [0.2, 0.25) is 0 Å². The molecule has 0 radical (unpaired) electrons. The summed E-state index contributed by atoms with van der Waals surface area (Å²) in [5.41, 5.74) is 1.01. The second kappa shape index (κ2) is 10.5. The molecule has 3 saturated heterocycles. The molecular formula is C25H36N4O4. The van der Waals surface area contributed by atoms with E-state index in [4.69, 9.17) is 4.74 Å². The van der Waals surface area contributed by atoms with Gasteiger partial charge in [-0.25, -0.2) is 4.79 Å². The van der Waals surface area contributed by atoms with Gasteiger partial charge in [0.25, 0.3) is 5.91 Å². The summed E-state index contributed by atoms with van der Waals surface area (Å²) in [7, 11) is 3.44. The largest absolute Gasteiger partial charge is 0.497 e. The lowest BCUT2D eigenvalue weighted by Crippen LogP contribution is -2.51. The number of carbonyl (C=O) groups excluding carboxylic acids is 3. The highest BCUT2D eigenvalue weighted by Crippen LogP contribution is 2.31. The van der Waals surface area contributed by atoms with Crippen LogP contribution in [-0.4, -0.2) is 85.0 Å². The first-order valence-corrected chi connectivity index (χ1v) is 12.2. The molecule has 0 bridgehead atoms. The van der Waals surface area contributed by atoms with E-state index in [0.717, 1.165) is 24.3 Å². The lowest BCUT2D eigenvalue weighted by molar-refractivity contribution is -0.135. The number of fused-ring (bicyclic) bond motifs is 1. The van der Waals surface area contributed by atoms with Crippen LogP contribution in [0.5, 0.6) is 5.75 Å². The molecule has 4 amide bonds. The molecule has 3 atom stereocenters. The van der Waals surface area contributed by atoms with Gasteiger partial charge in [0.15, 0.2) is 0 Å². The third-order valence-corrected chi connectivity index (χ3v) is 7.43. The Morgan fingerprint density at radius 3 is 2.64 bits per heavy atom. The summed E-state index contributed by atoms with van der Waals surface area (Å²) in [6.07, 6.45) is 6.67. The summed E-state index contributed by atoms with van der Waals surface area (Å²) in [6.45, 7) is 3.36. The monoisotopic (exact) mass is 456 g/mol. The van der Waals surface area contributed by atoms with Crippen molar-refractivity contribution in [3.05, 3.63) is 29.8 Å². The lowest BCUT2D eigenvalue weighted by Gasteiger charge is -2.45. The molecule has 0 spiro atoms. The molecule has 3 fully saturated rings. The maximum absolute atomic E-state index is 12.9. The van der Waals surface area contributed by atoms with Crippen LogP contribution in [0.15, 0.2) is 24.3 Å². The van der Waals surface area contributed by atoms with Crippen molar-refractivity contribution in [2.75, 3.05) is 40.3 Å². The smallest absolute Gasteiger partial charge is 0.324 e.